The van der Waals surface area contributed by atoms with Crippen molar-refractivity contribution in [2.45, 2.75) is 13.2 Å². The van der Waals surface area contributed by atoms with E-state index < -0.39 is 14.2 Å². The molecule has 0 aliphatic heterocycles. The predicted molar refractivity (Wildman–Crippen MR) is 130 cm³/mol. The van der Waals surface area contributed by atoms with Crippen molar-refractivity contribution in [2.24, 2.45) is 0 Å². The van der Waals surface area contributed by atoms with E-state index in [1.165, 1.54) is 24.8 Å². The first kappa shape index (κ1) is 24.9. The van der Waals surface area contributed by atoms with Crippen LogP contribution in [-0.2, 0) is 13.2 Å². The summed E-state index contributed by atoms with van der Waals surface area (Å²) >= 11 is 0. The van der Waals surface area contributed by atoms with Gasteiger partial charge in [-0.15, -0.1) is 0 Å². The van der Waals surface area contributed by atoms with E-state index in [2.05, 4.69) is 9.97 Å². The number of hydrogen-bond acceptors (Lipinski definition) is 8. The van der Waals surface area contributed by atoms with Crippen molar-refractivity contribution in [3.05, 3.63) is 109 Å². The van der Waals surface area contributed by atoms with Gasteiger partial charge >= 0.3 is 14.2 Å². The monoisotopic (exact) mass is 458 g/mol. The maximum Gasteiger partial charge on any atom is 0.490 e. The predicted octanol–water partition coefficient (Wildman–Crippen LogP) is 0.681. The van der Waals surface area contributed by atoms with Gasteiger partial charge in [0.1, 0.15) is 24.7 Å². The van der Waals surface area contributed by atoms with Crippen LogP contribution in [0.3, 0.4) is 0 Å². The second kappa shape index (κ2) is 13.1. The minimum absolute atomic E-state index is 0.315. The van der Waals surface area contributed by atoms with E-state index in [1.807, 2.05) is 60.7 Å². The minimum Gasteiger partial charge on any atom is -0.487 e. The molecule has 34 heavy (non-hydrogen) atoms. The summed E-state index contributed by atoms with van der Waals surface area (Å²) in [7, 11) is -3.05. The molecule has 0 saturated carbocycles. The second-order valence-electron chi connectivity index (χ2n) is 7.20. The number of benzene rings is 2. The molecule has 0 atom stereocenters. The standard InChI is InChI=1S/2C12H12BNO3/c2*15-13(16)11-6-12(8-14-7-11)17-9-10-4-2-1-3-5-10/h2*1-8,15-16H,9H2. The summed E-state index contributed by atoms with van der Waals surface area (Å²) in [6.45, 7) is 0.848. The maximum absolute atomic E-state index is 8.99. The number of nitrogens with zero attached hydrogens (tertiary/aromatic N) is 2. The molecule has 172 valence electrons. The molecule has 2 heterocycles. The van der Waals surface area contributed by atoms with Gasteiger partial charge in [0.15, 0.2) is 0 Å². The lowest BCUT2D eigenvalue weighted by Crippen LogP contribution is -2.30. The fourth-order valence-electron chi connectivity index (χ4n) is 2.79. The van der Waals surface area contributed by atoms with Crippen LogP contribution in [-0.4, -0.2) is 44.3 Å². The largest absolute Gasteiger partial charge is 0.490 e. The summed E-state index contributed by atoms with van der Waals surface area (Å²) in [4.78, 5) is 7.75. The first-order valence-electron chi connectivity index (χ1n) is 10.5. The third-order valence-corrected chi connectivity index (χ3v) is 4.56. The Hall–Kier alpha value is -3.69. The average molecular weight is 458 g/mol. The van der Waals surface area contributed by atoms with Gasteiger partial charge in [-0.25, -0.2) is 0 Å². The molecule has 2 aromatic heterocycles. The molecule has 4 aromatic rings. The molecule has 0 fully saturated rings. The Morgan fingerprint density at radius 2 is 0.941 bits per heavy atom. The molecule has 0 aliphatic rings. The van der Waals surface area contributed by atoms with Crippen LogP contribution >= 0.6 is 0 Å². The molecule has 2 aromatic carbocycles. The Morgan fingerprint density at radius 3 is 1.29 bits per heavy atom. The zero-order chi connectivity index (χ0) is 24.2. The van der Waals surface area contributed by atoms with Crippen LogP contribution in [0.25, 0.3) is 0 Å². The van der Waals surface area contributed by atoms with E-state index in [0.717, 1.165) is 11.1 Å². The second-order valence-corrected chi connectivity index (χ2v) is 7.20. The highest BCUT2D eigenvalue weighted by Gasteiger charge is 2.12. The smallest absolute Gasteiger partial charge is 0.487 e. The molecule has 10 heteroatoms. The Kier molecular flexibility index (Phi) is 9.63. The van der Waals surface area contributed by atoms with E-state index in [-0.39, 0.29) is 0 Å². The van der Waals surface area contributed by atoms with Crippen LogP contribution < -0.4 is 20.4 Å². The highest BCUT2D eigenvalue weighted by atomic mass is 16.5. The van der Waals surface area contributed by atoms with Crippen LogP contribution in [0, 0.1) is 0 Å². The van der Waals surface area contributed by atoms with E-state index in [4.69, 9.17) is 29.6 Å². The Labute approximate surface area is 198 Å². The normalized spacial score (nSPS) is 10.0. The molecule has 0 spiro atoms. The lowest BCUT2D eigenvalue weighted by Gasteiger charge is -2.07. The lowest BCUT2D eigenvalue weighted by atomic mass is 9.82. The summed E-state index contributed by atoms with van der Waals surface area (Å²) in [6, 6.07) is 22.6. The van der Waals surface area contributed by atoms with E-state index in [9.17, 15) is 0 Å². The van der Waals surface area contributed by atoms with Gasteiger partial charge < -0.3 is 29.6 Å². The molecule has 0 saturated heterocycles. The van der Waals surface area contributed by atoms with Crippen LogP contribution in [0.1, 0.15) is 11.1 Å². The van der Waals surface area contributed by atoms with Gasteiger partial charge in [0.05, 0.1) is 12.4 Å². The SMILES string of the molecule is OB(O)c1cncc(OCc2ccccc2)c1.OB(O)c1cncc(OCc2ccccc2)c1. The first-order valence-corrected chi connectivity index (χ1v) is 10.5. The Bertz CT molecular complexity index is 1040. The summed E-state index contributed by atoms with van der Waals surface area (Å²) < 4.78 is 11.0. The molecular formula is C24H24B2N2O6. The van der Waals surface area contributed by atoms with Crippen molar-refractivity contribution in [1.29, 1.82) is 0 Å². The highest BCUT2D eigenvalue weighted by molar-refractivity contribution is 6.58. The van der Waals surface area contributed by atoms with Crippen molar-refractivity contribution in [2.75, 3.05) is 0 Å². The summed E-state index contributed by atoms with van der Waals surface area (Å²) in [6.07, 6.45) is 5.85. The van der Waals surface area contributed by atoms with Crippen LogP contribution in [0.5, 0.6) is 11.5 Å². The first-order chi connectivity index (χ1) is 16.5. The van der Waals surface area contributed by atoms with Crippen LogP contribution in [0.2, 0.25) is 0 Å². The molecule has 8 nitrogen and oxygen atoms in total. The number of aromatic nitrogens is 2. The molecule has 0 radical (unpaired) electrons. The van der Waals surface area contributed by atoms with E-state index in [0.29, 0.717) is 35.6 Å². The van der Waals surface area contributed by atoms with Gasteiger partial charge in [-0.05, 0) is 23.3 Å². The lowest BCUT2D eigenvalue weighted by molar-refractivity contribution is 0.305. The number of rotatable bonds is 8. The average Bonchev–Trinajstić information content (AvgIpc) is 2.88. The number of ether oxygens (including phenoxy) is 2. The van der Waals surface area contributed by atoms with Crippen molar-refractivity contribution in [3.8, 4) is 11.5 Å². The van der Waals surface area contributed by atoms with Gasteiger partial charge in [0.2, 0.25) is 0 Å². The van der Waals surface area contributed by atoms with E-state index in [1.54, 1.807) is 12.1 Å². The van der Waals surface area contributed by atoms with Crippen molar-refractivity contribution in [3.63, 3.8) is 0 Å². The number of pyridine rings is 2. The molecule has 0 unspecified atom stereocenters. The highest BCUT2D eigenvalue weighted by Crippen LogP contribution is 2.10. The molecule has 4 rings (SSSR count). The van der Waals surface area contributed by atoms with Crippen molar-refractivity contribution in [1.82, 2.24) is 9.97 Å². The van der Waals surface area contributed by atoms with Gasteiger partial charge in [-0.2, -0.15) is 0 Å². The maximum atomic E-state index is 8.99. The van der Waals surface area contributed by atoms with Gasteiger partial charge in [0, 0.05) is 23.3 Å². The number of hydrogen-bond donors (Lipinski definition) is 4. The van der Waals surface area contributed by atoms with Crippen molar-refractivity contribution < 1.29 is 29.6 Å². The summed E-state index contributed by atoms with van der Waals surface area (Å²) in [5.41, 5.74) is 2.72. The van der Waals surface area contributed by atoms with Crippen molar-refractivity contribution >= 4 is 25.2 Å². The fourth-order valence-corrected chi connectivity index (χ4v) is 2.79. The molecule has 0 bridgehead atoms. The molecular weight excluding hydrogens is 434 g/mol. The molecule has 0 aliphatic carbocycles. The zero-order valence-corrected chi connectivity index (χ0v) is 18.3. The third-order valence-electron chi connectivity index (χ3n) is 4.56. The van der Waals surface area contributed by atoms with Crippen LogP contribution in [0.4, 0.5) is 0 Å². The van der Waals surface area contributed by atoms with Gasteiger partial charge in [-0.1, -0.05) is 60.7 Å². The summed E-state index contributed by atoms with van der Waals surface area (Å²) in [5.74, 6) is 1.03. The zero-order valence-electron chi connectivity index (χ0n) is 18.3. The quantitative estimate of drug-likeness (QED) is 0.285. The van der Waals surface area contributed by atoms with E-state index >= 15 is 0 Å². The summed E-state index contributed by atoms with van der Waals surface area (Å²) in [5, 5.41) is 36.0. The van der Waals surface area contributed by atoms with Crippen LogP contribution in [0.15, 0.2) is 97.6 Å². The molecule has 4 N–H and O–H groups in total. The third kappa shape index (κ3) is 8.34. The molecule has 0 amide bonds. The Morgan fingerprint density at radius 1 is 0.559 bits per heavy atom. The Balaban J connectivity index is 0.000000191. The topological polar surface area (TPSA) is 125 Å². The van der Waals surface area contributed by atoms with Gasteiger partial charge in [-0.3, -0.25) is 9.97 Å². The fraction of sp³-hybridized carbons (Fsp3) is 0.0833. The minimum atomic E-state index is -1.53. The van der Waals surface area contributed by atoms with Gasteiger partial charge in [0.25, 0.3) is 0 Å².